The van der Waals surface area contributed by atoms with Crippen molar-refractivity contribution in [2.75, 3.05) is 12.4 Å². The normalized spacial score (nSPS) is 10.8. The molecule has 1 nitrogen and oxygen atoms in total. The van der Waals surface area contributed by atoms with E-state index in [1.54, 1.807) is 0 Å². The van der Waals surface area contributed by atoms with Gasteiger partial charge in [0.25, 0.3) is 0 Å². The van der Waals surface area contributed by atoms with Crippen molar-refractivity contribution >= 4 is 34.2 Å². The minimum absolute atomic E-state index is 0. The summed E-state index contributed by atoms with van der Waals surface area (Å²) in [5, 5.41) is 8.89. The van der Waals surface area contributed by atoms with Crippen LogP contribution in [0.5, 0.6) is 0 Å². The van der Waals surface area contributed by atoms with E-state index in [1.807, 2.05) is 7.05 Å². The topological polar surface area (TPSA) is 12.0 Å². The first-order valence-electron chi connectivity index (χ1n) is 9.20. The largest absolute Gasteiger partial charge is 1.00 e. The van der Waals surface area contributed by atoms with Gasteiger partial charge in [0.15, 0.2) is 0 Å². The van der Waals surface area contributed by atoms with Crippen LogP contribution in [0.2, 0.25) is 0 Å². The summed E-state index contributed by atoms with van der Waals surface area (Å²) in [4.78, 5) is 0. The van der Waals surface area contributed by atoms with Gasteiger partial charge < -0.3 is 17.7 Å². The number of hydrogen-bond donors (Lipinski definition) is 1. The summed E-state index contributed by atoms with van der Waals surface area (Å²) < 4.78 is 0. The first-order chi connectivity index (χ1) is 13.4. The molecule has 4 aromatic rings. The zero-order valence-electron chi connectivity index (χ0n) is 15.8. The van der Waals surface area contributed by atoms with Gasteiger partial charge in [0.2, 0.25) is 0 Å². The third-order valence-corrected chi connectivity index (χ3v) is 9.30. The molecule has 0 saturated carbocycles. The van der Waals surface area contributed by atoms with E-state index in [1.165, 1.54) is 26.9 Å². The number of anilines is 1. The lowest BCUT2D eigenvalue weighted by Crippen LogP contribution is -3.00. The summed E-state index contributed by atoms with van der Waals surface area (Å²) >= 11 is 0. The Labute approximate surface area is 174 Å². The summed E-state index contributed by atoms with van der Waals surface area (Å²) in [6.45, 7) is 0. The second-order valence-electron chi connectivity index (χ2n) is 6.44. The van der Waals surface area contributed by atoms with Gasteiger partial charge in [-0.3, -0.25) is 0 Å². The van der Waals surface area contributed by atoms with Gasteiger partial charge in [-0.2, -0.15) is 0 Å². The van der Waals surface area contributed by atoms with Crippen LogP contribution in [0.25, 0.3) is 0 Å². The van der Waals surface area contributed by atoms with E-state index in [9.17, 15) is 0 Å². The molecule has 4 aromatic carbocycles. The van der Waals surface area contributed by atoms with E-state index in [0.717, 1.165) is 0 Å². The van der Waals surface area contributed by atoms with Crippen LogP contribution in [0, 0.1) is 0 Å². The highest BCUT2D eigenvalue weighted by molar-refractivity contribution is 8.01. The molecule has 0 aliphatic heterocycles. The minimum Gasteiger partial charge on any atom is -1.00 e. The third kappa shape index (κ3) is 3.44. The molecule has 0 atom stereocenters. The van der Waals surface area contributed by atoms with Crippen molar-refractivity contribution in [1.29, 1.82) is 0 Å². The second kappa shape index (κ2) is 9.06. The van der Waals surface area contributed by atoms with Crippen LogP contribution < -0.4 is 38.9 Å². The van der Waals surface area contributed by atoms with Crippen molar-refractivity contribution in [1.82, 2.24) is 0 Å². The number of nitrogens with one attached hydrogen (secondary N) is 1. The lowest BCUT2D eigenvalue weighted by molar-refractivity contribution is -0.00000515. The van der Waals surface area contributed by atoms with Crippen LogP contribution in [0.3, 0.4) is 0 Å². The van der Waals surface area contributed by atoms with Gasteiger partial charge in [0, 0.05) is 7.05 Å². The van der Waals surface area contributed by atoms with E-state index in [4.69, 9.17) is 0 Å². The Morgan fingerprint density at radius 1 is 0.500 bits per heavy atom. The number of benzene rings is 4. The number of rotatable bonds is 5. The van der Waals surface area contributed by atoms with Gasteiger partial charge >= 0.3 is 0 Å². The molecule has 0 saturated heterocycles. The fourth-order valence-corrected chi connectivity index (χ4v) is 8.24. The molecule has 0 aromatic heterocycles. The molecule has 0 aliphatic carbocycles. The van der Waals surface area contributed by atoms with E-state index >= 15 is 0 Å². The molecule has 0 fully saturated rings. The Balaban J connectivity index is 0.00000225. The number of para-hydroxylation sites is 1. The molecular weight excluding hydrogens is 381 g/mol. The predicted molar refractivity (Wildman–Crippen MR) is 121 cm³/mol. The van der Waals surface area contributed by atoms with Gasteiger partial charge in [0.1, 0.15) is 28.5 Å². The molecule has 0 aliphatic rings. The monoisotopic (exact) mass is 403 g/mol. The first-order valence-corrected chi connectivity index (χ1v) is 11.0. The molecular formula is C25H23ClNP. The highest BCUT2D eigenvalue weighted by Gasteiger charge is 2.49. The molecule has 3 heteroatoms. The third-order valence-electron chi connectivity index (χ3n) is 4.97. The smallest absolute Gasteiger partial charge is 0.146 e. The highest BCUT2D eigenvalue weighted by Crippen LogP contribution is 2.55. The van der Waals surface area contributed by atoms with E-state index in [-0.39, 0.29) is 12.4 Å². The van der Waals surface area contributed by atoms with Crippen LogP contribution in [-0.4, -0.2) is 7.05 Å². The molecule has 0 unspecified atom stereocenters. The van der Waals surface area contributed by atoms with Crippen molar-refractivity contribution in [3.63, 3.8) is 0 Å². The van der Waals surface area contributed by atoms with Crippen molar-refractivity contribution in [2.24, 2.45) is 0 Å². The van der Waals surface area contributed by atoms with Gasteiger partial charge in [-0.1, -0.05) is 66.7 Å². The average molecular weight is 404 g/mol. The van der Waals surface area contributed by atoms with E-state index in [0.29, 0.717) is 0 Å². The van der Waals surface area contributed by atoms with Crippen molar-refractivity contribution in [3.05, 3.63) is 115 Å². The summed E-state index contributed by atoms with van der Waals surface area (Å²) in [6, 6.07) is 41.6. The Morgan fingerprint density at radius 3 is 1.25 bits per heavy atom. The van der Waals surface area contributed by atoms with Crippen LogP contribution in [0.1, 0.15) is 0 Å². The Hall–Kier alpha value is -2.60. The SMILES string of the molecule is CNc1ccccc1[P+](c1ccccc1)(c1ccccc1)c1ccccc1.[Cl-]. The van der Waals surface area contributed by atoms with E-state index in [2.05, 4.69) is 121 Å². The Morgan fingerprint density at radius 2 is 0.857 bits per heavy atom. The van der Waals surface area contributed by atoms with E-state index < -0.39 is 7.26 Å². The maximum Gasteiger partial charge on any atom is 0.146 e. The minimum atomic E-state index is -2.02. The summed E-state index contributed by atoms with van der Waals surface area (Å²) in [6.07, 6.45) is 0. The average Bonchev–Trinajstić information content (AvgIpc) is 2.77. The molecule has 0 heterocycles. The second-order valence-corrected chi connectivity index (χ2v) is 9.82. The Kier molecular flexibility index (Phi) is 6.52. The van der Waals surface area contributed by atoms with Crippen molar-refractivity contribution in [3.8, 4) is 0 Å². The first kappa shape index (κ1) is 20.1. The van der Waals surface area contributed by atoms with Crippen LogP contribution in [0.4, 0.5) is 5.69 Å². The number of hydrogen-bond acceptors (Lipinski definition) is 1. The van der Waals surface area contributed by atoms with Crippen molar-refractivity contribution in [2.45, 2.75) is 0 Å². The molecule has 140 valence electrons. The number of halogens is 1. The predicted octanol–water partition coefficient (Wildman–Crippen LogP) is 1.35. The molecule has 0 radical (unpaired) electrons. The van der Waals surface area contributed by atoms with Crippen LogP contribution in [0.15, 0.2) is 115 Å². The quantitative estimate of drug-likeness (QED) is 0.496. The maximum atomic E-state index is 3.44. The van der Waals surface area contributed by atoms with Crippen molar-refractivity contribution < 1.29 is 12.4 Å². The summed E-state index contributed by atoms with van der Waals surface area (Å²) in [5.41, 5.74) is 1.18. The summed E-state index contributed by atoms with van der Waals surface area (Å²) in [5.74, 6) is 0. The molecule has 0 spiro atoms. The van der Waals surface area contributed by atoms with Gasteiger partial charge in [-0.05, 0) is 48.5 Å². The molecule has 0 amide bonds. The molecule has 4 rings (SSSR count). The lowest BCUT2D eigenvalue weighted by Gasteiger charge is -2.29. The van der Waals surface area contributed by atoms with Crippen LogP contribution >= 0.6 is 7.26 Å². The highest BCUT2D eigenvalue weighted by atomic mass is 35.5. The van der Waals surface area contributed by atoms with Gasteiger partial charge in [0.05, 0.1) is 5.69 Å². The van der Waals surface area contributed by atoms with Gasteiger partial charge in [-0.15, -0.1) is 0 Å². The molecule has 1 N–H and O–H groups in total. The fraction of sp³-hybridized carbons (Fsp3) is 0.0400. The molecule has 0 bridgehead atoms. The zero-order valence-corrected chi connectivity index (χ0v) is 17.4. The standard InChI is InChI=1S/C25H23NP.ClH/c1-26-24-19-11-12-20-25(24)27(21-13-5-2-6-14-21,22-15-7-3-8-16-22)23-17-9-4-10-18-23;/h2-20,26H,1H3;1H/q+1;/p-1. The maximum absolute atomic E-state index is 3.44. The lowest BCUT2D eigenvalue weighted by atomic mass is 10.3. The Bertz CT molecular complexity index is 907. The zero-order chi connectivity index (χ0) is 18.5. The van der Waals surface area contributed by atoms with Crippen LogP contribution in [-0.2, 0) is 0 Å². The molecule has 28 heavy (non-hydrogen) atoms. The summed E-state index contributed by atoms with van der Waals surface area (Å²) in [7, 11) is -0.0138. The fourth-order valence-electron chi connectivity index (χ4n) is 3.80. The van der Waals surface area contributed by atoms with Gasteiger partial charge in [-0.25, -0.2) is 0 Å².